The summed E-state index contributed by atoms with van der Waals surface area (Å²) in [6, 6.07) is 15.0. The zero-order valence-electron chi connectivity index (χ0n) is 18.0. The largest absolute Gasteiger partial charge is 0.370 e. The Morgan fingerprint density at radius 2 is 1.93 bits per heavy atom. The van der Waals surface area contributed by atoms with Gasteiger partial charge in [0.1, 0.15) is 10.7 Å². The number of amides is 1. The molecule has 1 fully saturated rings. The molecule has 1 unspecified atom stereocenters. The Balaban J connectivity index is 1.41. The summed E-state index contributed by atoms with van der Waals surface area (Å²) in [7, 11) is 4.27. The molecule has 0 aliphatic carbocycles. The van der Waals surface area contributed by atoms with Gasteiger partial charge in [0.15, 0.2) is 0 Å². The average molecular weight is 421 g/mol. The third-order valence-electron chi connectivity index (χ3n) is 5.73. The van der Waals surface area contributed by atoms with Crippen molar-refractivity contribution in [1.82, 2.24) is 9.88 Å². The highest BCUT2D eigenvalue weighted by Gasteiger charge is 2.24. The van der Waals surface area contributed by atoms with Gasteiger partial charge in [0.05, 0.1) is 0 Å². The predicted molar refractivity (Wildman–Crippen MR) is 126 cm³/mol. The Bertz CT molecular complexity index is 1040. The Morgan fingerprint density at radius 3 is 2.60 bits per heavy atom. The molecule has 0 spiro atoms. The van der Waals surface area contributed by atoms with E-state index in [-0.39, 0.29) is 5.91 Å². The second kappa shape index (κ2) is 8.58. The number of aryl methyl sites for hydroxylation is 2. The molecular weight excluding hydrogens is 392 g/mol. The molecule has 4 rings (SSSR count). The lowest BCUT2D eigenvalue weighted by atomic mass is 10.1. The number of nitrogens with zero attached hydrogens (tertiary/aromatic N) is 3. The van der Waals surface area contributed by atoms with Crippen molar-refractivity contribution in [2.75, 3.05) is 37.4 Å². The summed E-state index contributed by atoms with van der Waals surface area (Å²) < 4.78 is 0. The highest BCUT2D eigenvalue weighted by atomic mass is 32.1. The summed E-state index contributed by atoms with van der Waals surface area (Å²) in [5.74, 6) is -0.177. The number of aromatic nitrogens is 1. The first-order valence-electron chi connectivity index (χ1n) is 10.3. The fourth-order valence-electron chi connectivity index (χ4n) is 3.90. The number of carbonyl (C=O) groups is 1. The van der Waals surface area contributed by atoms with E-state index in [2.05, 4.69) is 78.4 Å². The van der Waals surface area contributed by atoms with Crippen LogP contribution in [0.4, 0.5) is 11.4 Å². The van der Waals surface area contributed by atoms with Crippen molar-refractivity contribution < 1.29 is 4.79 Å². The van der Waals surface area contributed by atoms with E-state index in [1.807, 2.05) is 17.5 Å². The Kier molecular flexibility index (Phi) is 5.88. The zero-order chi connectivity index (χ0) is 21.3. The number of rotatable bonds is 5. The van der Waals surface area contributed by atoms with E-state index >= 15 is 0 Å². The van der Waals surface area contributed by atoms with Crippen LogP contribution in [-0.4, -0.2) is 49.0 Å². The minimum atomic E-state index is -0.177. The van der Waals surface area contributed by atoms with Crippen molar-refractivity contribution in [1.29, 1.82) is 0 Å². The van der Waals surface area contributed by atoms with Crippen molar-refractivity contribution in [2.45, 2.75) is 26.3 Å². The number of likely N-dealkylation sites (N-methyl/N-ethyl adjacent to an activating group) is 1. The van der Waals surface area contributed by atoms with Crippen molar-refractivity contribution in [3.63, 3.8) is 0 Å². The molecule has 3 aromatic rings. The van der Waals surface area contributed by atoms with Crippen LogP contribution in [-0.2, 0) is 0 Å². The minimum Gasteiger partial charge on any atom is -0.370 e. The van der Waals surface area contributed by atoms with E-state index in [0.29, 0.717) is 11.7 Å². The van der Waals surface area contributed by atoms with Gasteiger partial charge in [-0.25, -0.2) is 4.98 Å². The smallest absolute Gasteiger partial charge is 0.275 e. The van der Waals surface area contributed by atoms with E-state index in [0.717, 1.165) is 29.3 Å². The maximum Gasteiger partial charge on any atom is 0.275 e. The normalized spacial score (nSPS) is 16.3. The lowest BCUT2D eigenvalue weighted by Gasteiger charge is -2.22. The van der Waals surface area contributed by atoms with Gasteiger partial charge in [-0.2, -0.15) is 0 Å². The van der Waals surface area contributed by atoms with E-state index in [9.17, 15) is 4.79 Å². The van der Waals surface area contributed by atoms with Crippen LogP contribution in [0.25, 0.3) is 10.6 Å². The Morgan fingerprint density at radius 1 is 1.17 bits per heavy atom. The number of benzene rings is 2. The molecule has 0 saturated carbocycles. The molecule has 0 bridgehead atoms. The van der Waals surface area contributed by atoms with Crippen molar-refractivity contribution in [3.05, 3.63) is 64.7 Å². The molecule has 1 aliphatic rings. The molecule has 5 nitrogen and oxygen atoms in total. The number of carbonyl (C=O) groups excluding carboxylic acids is 1. The summed E-state index contributed by atoms with van der Waals surface area (Å²) in [4.78, 5) is 21.9. The van der Waals surface area contributed by atoms with E-state index in [1.54, 1.807) is 0 Å². The fourth-order valence-corrected chi connectivity index (χ4v) is 4.79. The number of hydrogen-bond donors (Lipinski definition) is 1. The highest BCUT2D eigenvalue weighted by Crippen LogP contribution is 2.28. The van der Waals surface area contributed by atoms with Gasteiger partial charge >= 0.3 is 0 Å². The van der Waals surface area contributed by atoms with Gasteiger partial charge in [-0.05, 0) is 64.2 Å². The highest BCUT2D eigenvalue weighted by molar-refractivity contribution is 7.13. The van der Waals surface area contributed by atoms with Crippen LogP contribution in [0.2, 0.25) is 0 Å². The maximum absolute atomic E-state index is 12.7. The summed E-state index contributed by atoms with van der Waals surface area (Å²) in [5, 5.41) is 5.67. The van der Waals surface area contributed by atoms with Gasteiger partial charge in [-0.15, -0.1) is 11.3 Å². The first-order chi connectivity index (χ1) is 14.4. The van der Waals surface area contributed by atoms with Crippen LogP contribution in [0.5, 0.6) is 0 Å². The van der Waals surface area contributed by atoms with E-state index in [1.165, 1.54) is 34.6 Å². The third-order valence-corrected chi connectivity index (χ3v) is 6.61. The van der Waals surface area contributed by atoms with Gasteiger partial charge in [0.2, 0.25) is 0 Å². The SMILES string of the molecule is Cc1ccc(-c2nc(C(=O)Nc3ccc(N4CCC(N(C)C)C4)cc3)cs2)c(C)c1. The summed E-state index contributed by atoms with van der Waals surface area (Å²) in [6.07, 6.45) is 1.18. The van der Waals surface area contributed by atoms with Crippen molar-refractivity contribution >= 4 is 28.6 Å². The van der Waals surface area contributed by atoms with Crippen LogP contribution < -0.4 is 10.2 Å². The minimum absolute atomic E-state index is 0.177. The zero-order valence-corrected chi connectivity index (χ0v) is 18.8. The second-order valence-electron chi connectivity index (χ2n) is 8.21. The molecule has 1 aliphatic heterocycles. The topological polar surface area (TPSA) is 48.5 Å². The van der Waals surface area contributed by atoms with Gasteiger partial charge in [0.25, 0.3) is 5.91 Å². The van der Waals surface area contributed by atoms with Crippen molar-refractivity contribution in [2.24, 2.45) is 0 Å². The van der Waals surface area contributed by atoms with Crippen molar-refractivity contribution in [3.8, 4) is 10.6 Å². The third kappa shape index (κ3) is 4.40. The van der Waals surface area contributed by atoms with E-state index in [4.69, 9.17) is 0 Å². The van der Waals surface area contributed by atoms with E-state index < -0.39 is 0 Å². The number of nitrogens with one attached hydrogen (secondary N) is 1. The summed E-state index contributed by atoms with van der Waals surface area (Å²) in [5.41, 5.74) is 5.91. The molecular formula is C24H28N4OS. The Labute approximate surface area is 182 Å². The average Bonchev–Trinajstić information content (AvgIpc) is 3.39. The standard InChI is InChI=1S/C24H28N4OS/c1-16-5-10-21(17(2)13-16)24-26-22(15-30-24)23(29)25-18-6-8-19(9-7-18)28-12-11-20(14-28)27(3)4/h5-10,13,15,20H,11-12,14H2,1-4H3,(H,25,29). The fraction of sp³-hybridized carbons (Fsp3) is 0.333. The molecule has 2 heterocycles. The number of hydrogen-bond acceptors (Lipinski definition) is 5. The van der Waals surface area contributed by atoms with Gasteiger partial charge in [-0.1, -0.05) is 23.8 Å². The van der Waals surface area contributed by atoms with Gasteiger partial charge < -0.3 is 15.1 Å². The van der Waals surface area contributed by atoms with Crippen LogP contribution in [0.1, 0.15) is 28.0 Å². The molecule has 2 aromatic carbocycles. The molecule has 1 N–H and O–H groups in total. The maximum atomic E-state index is 12.7. The monoisotopic (exact) mass is 420 g/mol. The van der Waals surface area contributed by atoms with Crippen LogP contribution >= 0.6 is 11.3 Å². The predicted octanol–water partition coefficient (Wildman–Crippen LogP) is 4.82. The molecule has 0 radical (unpaired) electrons. The lowest BCUT2D eigenvalue weighted by Crippen LogP contribution is -2.31. The molecule has 1 amide bonds. The van der Waals surface area contributed by atoms with Crippen LogP contribution in [0.3, 0.4) is 0 Å². The molecule has 156 valence electrons. The first kappa shape index (κ1) is 20.6. The lowest BCUT2D eigenvalue weighted by molar-refractivity contribution is 0.102. The molecule has 30 heavy (non-hydrogen) atoms. The first-order valence-corrected chi connectivity index (χ1v) is 11.1. The molecule has 1 atom stereocenters. The Hall–Kier alpha value is -2.70. The molecule has 1 saturated heterocycles. The van der Waals surface area contributed by atoms with Gasteiger partial charge in [0, 0.05) is 41.4 Å². The quantitative estimate of drug-likeness (QED) is 0.643. The van der Waals surface area contributed by atoms with Crippen LogP contribution in [0, 0.1) is 13.8 Å². The molecule has 1 aromatic heterocycles. The second-order valence-corrected chi connectivity index (χ2v) is 9.07. The summed E-state index contributed by atoms with van der Waals surface area (Å²) >= 11 is 1.50. The summed E-state index contributed by atoms with van der Waals surface area (Å²) in [6.45, 7) is 6.26. The number of thiazole rings is 1. The molecule has 6 heteroatoms. The van der Waals surface area contributed by atoms with Crippen LogP contribution in [0.15, 0.2) is 47.8 Å². The number of anilines is 2. The van der Waals surface area contributed by atoms with Gasteiger partial charge in [-0.3, -0.25) is 4.79 Å².